The third-order valence-electron chi connectivity index (χ3n) is 4.86. The largest absolute Gasteiger partial charge is 0.339 e. The molecule has 0 radical (unpaired) electrons. The van der Waals surface area contributed by atoms with Crippen molar-refractivity contribution in [3.05, 3.63) is 76.4 Å². The lowest BCUT2D eigenvalue weighted by Gasteiger charge is -2.15. The number of carbonyl (C=O) groups excluding carboxylic acids is 2. The van der Waals surface area contributed by atoms with E-state index in [2.05, 4.69) is 15.4 Å². The lowest BCUT2D eigenvalue weighted by Crippen LogP contribution is -2.27. The second-order valence-corrected chi connectivity index (χ2v) is 6.83. The number of nitro benzene ring substituents is 1. The minimum absolute atomic E-state index is 0.0728. The molecule has 10 heteroatoms. The third kappa shape index (κ3) is 3.88. The number of carbonyl (C=O) groups is 2. The molecule has 0 aliphatic carbocycles. The summed E-state index contributed by atoms with van der Waals surface area (Å²) in [5, 5.41) is 18.1. The zero-order chi connectivity index (χ0) is 21.1. The van der Waals surface area contributed by atoms with Crippen LogP contribution in [0, 0.1) is 10.1 Å². The molecule has 10 nitrogen and oxygen atoms in total. The van der Waals surface area contributed by atoms with E-state index in [1.165, 1.54) is 35.5 Å². The Balaban J connectivity index is 1.55. The fourth-order valence-corrected chi connectivity index (χ4v) is 3.37. The van der Waals surface area contributed by atoms with Crippen LogP contribution in [0.2, 0.25) is 0 Å². The summed E-state index contributed by atoms with van der Waals surface area (Å²) in [6.07, 6.45) is 4.59. The number of hydrogen-bond donors (Lipinski definition) is 1. The number of nitrogens with one attached hydrogen (secondary N) is 1. The van der Waals surface area contributed by atoms with Gasteiger partial charge in [0, 0.05) is 36.0 Å². The molecule has 2 aromatic carbocycles. The maximum Gasteiger partial charge on any atom is 0.295 e. The Kier molecular flexibility index (Phi) is 5.21. The van der Waals surface area contributed by atoms with E-state index < -0.39 is 10.8 Å². The van der Waals surface area contributed by atoms with Crippen molar-refractivity contribution in [1.29, 1.82) is 0 Å². The molecule has 1 aliphatic rings. The van der Waals surface area contributed by atoms with Gasteiger partial charge in [0.15, 0.2) is 0 Å². The molecule has 1 fully saturated rings. The van der Waals surface area contributed by atoms with Crippen LogP contribution in [-0.2, 0) is 0 Å². The first kappa shape index (κ1) is 19.2. The SMILES string of the molecule is O=C(Nc1cccc(C(=O)N2CCCC2)c1)c1ccc(-n2cncn2)c([N+](=O)[O-])c1. The fraction of sp³-hybridized carbons (Fsp3) is 0.200. The van der Waals surface area contributed by atoms with Crippen molar-refractivity contribution in [3.8, 4) is 5.69 Å². The predicted molar refractivity (Wildman–Crippen MR) is 108 cm³/mol. The van der Waals surface area contributed by atoms with Gasteiger partial charge in [-0.2, -0.15) is 5.10 Å². The molecule has 1 saturated heterocycles. The van der Waals surface area contributed by atoms with E-state index in [1.54, 1.807) is 29.2 Å². The van der Waals surface area contributed by atoms with Crippen LogP contribution in [0.3, 0.4) is 0 Å². The van der Waals surface area contributed by atoms with Crippen LogP contribution in [0.4, 0.5) is 11.4 Å². The van der Waals surface area contributed by atoms with E-state index >= 15 is 0 Å². The number of nitrogens with zero attached hydrogens (tertiary/aromatic N) is 5. The molecule has 3 aromatic rings. The van der Waals surface area contributed by atoms with Crippen LogP contribution in [0.25, 0.3) is 5.69 Å². The second kappa shape index (κ2) is 8.11. The molecule has 0 bridgehead atoms. The standard InChI is InChI=1S/C20H18N6O4/c27-19(14-6-7-17(18(11-14)26(29)30)25-13-21-12-22-25)23-16-5-3-4-15(10-16)20(28)24-8-1-2-9-24/h3-7,10-13H,1-2,8-9H2,(H,23,27). The minimum Gasteiger partial charge on any atom is -0.339 e. The normalized spacial score (nSPS) is 13.3. The Labute approximate surface area is 171 Å². The van der Waals surface area contributed by atoms with Gasteiger partial charge in [0.25, 0.3) is 17.5 Å². The molecule has 4 rings (SSSR count). The molecular formula is C20H18N6O4. The van der Waals surface area contributed by atoms with E-state index in [0.29, 0.717) is 11.3 Å². The van der Waals surface area contributed by atoms with Crippen LogP contribution < -0.4 is 5.32 Å². The molecule has 1 aliphatic heterocycles. The number of anilines is 1. The summed E-state index contributed by atoms with van der Waals surface area (Å²) in [4.78, 5) is 41.7. The molecule has 2 heterocycles. The van der Waals surface area contributed by atoms with E-state index in [-0.39, 0.29) is 22.8 Å². The first-order valence-electron chi connectivity index (χ1n) is 9.37. The van der Waals surface area contributed by atoms with Gasteiger partial charge in [0.05, 0.1) is 4.92 Å². The molecular weight excluding hydrogens is 388 g/mol. The minimum atomic E-state index is -0.580. The highest BCUT2D eigenvalue weighted by Crippen LogP contribution is 2.24. The van der Waals surface area contributed by atoms with Crippen molar-refractivity contribution in [2.75, 3.05) is 18.4 Å². The third-order valence-corrected chi connectivity index (χ3v) is 4.86. The van der Waals surface area contributed by atoms with Crippen molar-refractivity contribution < 1.29 is 14.5 Å². The number of aromatic nitrogens is 3. The summed E-state index contributed by atoms with van der Waals surface area (Å²) < 4.78 is 1.26. The van der Waals surface area contributed by atoms with Gasteiger partial charge < -0.3 is 10.2 Å². The zero-order valence-corrected chi connectivity index (χ0v) is 15.9. The number of amides is 2. The van der Waals surface area contributed by atoms with Gasteiger partial charge in [0.1, 0.15) is 18.3 Å². The van der Waals surface area contributed by atoms with Gasteiger partial charge in [-0.05, 0) is 43.2 Å². The van der Waals surface area contributed by atoms with E-state index in [4.69, 9.17) is 0 Å². The topological polar surface area (TPSA) is 123 Å². The van der Waals surface area contributed by atoms with Crippen molar-refractivity contribution in [1.82, 2.24) is 19.7 Å². The quantitative estimate of drug-likeness (QED) is 0.513. The summed E-state index contributed by atoms with van der Waals surface area (Å²) in [5.74, 6) is -0.592. The number of rotatable bonds is 5. The molecule has 2 amide bonds. The Morgan fingerprint density at radius 2 is 1.87 bits per heavy atom. The molecule has 1 aromatic heterocycles. The first-order chi connectivity index (χ1) is 14.5. The van der Waals surface area contributed by atoms with Crippen LogP contribution in [0.5, 0.6) is 0 Å². The van der Waals surface area contributed by atoms with Crippen LogP contribution >= 0.6 is 0 Å². The first-order valence-corrected chi connectivity index (χ1v) is 9.37. The Bertz CT molecular complexity index is 1110. The zero-order valence-electron chi connectivity index (χ0n) is 15.9. The van der Waals surface area contributed by atoms with Crippen molar-refractivity contribution >= 4 is 23.2 Å². The number of benzene rings is 2. The van der Waals surface area contributed by atoms with E-state index in [0.717, 1.165) is 25.9 Å². The van der Waals surface area contributed by atoms with Crippen LogP contribution in [-0.4, -0.2) is 49.5 Å². The molecule has 30 heavy (non-hydrogen) atoms. The molecule has 152 valence electrons. The lowest BCUT2D eigenvalue weighted by molar-refractivity contribution is -0.384. The van der Waals surface area contributed by atoms with Crippen LogP contribution in [0.15, 0.2) is 55.1 Å². The summed E-state index contributed by atoms with van der Waals surface area (Å²) in [5.41, 5.74) is 0.968. The smallest absolute Gasteiger partial charge is 0.295 e. The van der Waals surface area contributed by atoms with Crippen LogP contribution in [0.1, 0.15) is 33.6 Å². The summed E-state index contributed by atoms with van der Waals surface area (Å²) in [7, 11) is 0. The van der Waals surface area contributed by atoms with E-state index in [9.17, 15) is 19.7 Å². The van der Waals surface area contributed by atoms with Crippen molar-refractivity contribution in [2.24, 2.45) is 0 Å². The molecule has 0 saturated carbocycles. The fourth-order valence-electron chi connectivity index (χ4n) is 3.37. The Morgan fingerprint density at radius 3 is 2.57 bits per heavy atom. The highest BCUT2D eigenvalue weighted by molar-refractivity contribution is 6.05. The van der Waals surface area contributed by atoms with Crippen molar-refractivity contribution in [2.45, 2.75) is 12.8 Å². The molecule has 0 atom stereocenters. The highest BCUT2D eigenvalue weighted by atomic mass is 16.6. The second-order valence-electron chi connectivity index (χ2n) is 6.83. The summed E-state index contributed by atoms with van der Waals surface area (Å²) in [6.45, 7) is 1.47. The number of likely N-dealkylation sites (tertiary alicyclic amines) is 1. The number of hydrogen-bond acceptors (Lipinski definition) is 6. The monoisotopic (exact) mass is 406 g/mol. The van der Waals surface area contributed by atoms with Gasteiger partial charge >= 0.3 is 0 Å². The average molecular weight is 406 g/mol. The Morgan fingerprint density at radius 1 is 1.07 bits per heavy atom. The summed E-state index contributed by atoms with van der Waals surface area (Å²) >= 11 is 0. The molecule has 1 N–H and O–H groups in total. The maximum atomic E-state index is 12.7. The number of nitro groups is 1. The van der Waals surface area contributed by atoms with Gasteiger partial charge in [-0.3, -0.25) is 19.7 Å². The predicted octanol–water partition coefficient (Wildman–Crippen LogP) is 2.66. The van der Waals surface area contributed by atoms with Crippen molar-refractivity contribution in [3.63, 3.8) is 0 Å². The van der Waals surface area contributed by atoms with Gasteiger partial charge in [-0.1, -0.05) is 6.07 Å². The summed E-state index contributed by atoms with van der Waals surface area (Å²) in [6, 6.07) is 10.8. The lowest BCUT2D eigenvalue weighted by atomic mass is 10.1. The molecule has 0 unspecified atom stereocenters. The average Bonchev–Trinajstić information content (AvgIpc) is 3.47. The van der Waals surface area contributed by atoms with Gasteiger partial charge in [-0.15, -0.1) is 0 Å². The highest BCUT2D eigenvalue weighted by Gasteiger charge is 2.21. The van der Waals surface area contributed by atoms with Gasteiger partial charge in [-0.25, -0.2) is 9.67 Å². The maximum absolute atomic E-state index is 12.7. The molecule has 0 spiro atoms. The Hall–Kier alpha value is -4.08. The van der Waals surface area contributed by atoms with E-state index in [1.807, 2.05) is 0 Å². The van der Waals surface area contributed by atoms with Gasteiger partial charge in [0.2, 0.25) is 0 Å².